The van der Waals surface area contributed by atoms with E-state index in [1.165, 1.54) is 0 Å². The van der Waals surface area contributed by atoms with Gasteiger partial charge in [-0.25, -0.2) is 0 Å². The molecule has 2 aromatic carbocycles. The monoisotopic (exact) mass is 268 g/mol. The van der Waals surface area contributed by atoms with Crippen LogP contribution >= 0.6 is 0 Å². The van der Waals surface area contributed by atoms with E-state index in [1.54, 1.807) is 0 Å². The molecule has 0 bridgehead atoms. The number of para-hydroxylation sites is 1. The normalized spacial score (nSPS) is 12.7. The summed E-state index contributed by atoms with van der Waals surface area (Å²) in [5.74, 6) is -0.167. The standard InChI is InChI=1S/C16H16N2O2/c1-2-13(17)16(19)18-10-7-8-15-12(9-10)11-5-3-4-6-14(11)20-15/h3-9,13H,2,17H2,1H3,(H,18,19)/t13-/m1/s1. The predicted molar refractivity (Wildman–Crippen MR) is 80.6 cm³/mol. The van der Waals surface area contributed by atoms with Crippen LogP contribution in [0.25, 0.3) is 21.9 Å². The number of nitrogens with two attached hydrogens (primary N) is 1. The average molecular weight is 268 g/mol. The van der Waals surface area contributed by atoms with E-state index in [0.29, 0.717) is 6.42 Å². The van der Waals surface area contributed by atoms with Gasteiger partial charge in [0.1, 0.15) is 11.2 Å². The van der Waals surface area contributed by atoms with Crippen molar-refractivity contribution in [3.05, 3.63) is 42.5 Å². The van der Waals surface area contributed by atoms with Crippen molar-refractivity contribution in [2.75, 3.05) is 5.32 Å². The molecule has 0 saturated carbocycles. The number of carbonyl (C=O) groups excluding carboxylic acids is 1. The fourth-order valence-electron chi connectivity index (χ4n) is 2.22. The number of fused-ring (bicyclic) bond motifs is 3. The quantitative estimate of drug-likeness (QED) is 0.766. The van der Waals surface area contributed by atoms with Gasteiger partial charge in [0, 0.05) is 16.5 Å². The van der Waals surface area contributed by atoms with E-state index in [0.717, 1.165) is 27.6 Å². The molecule has 20 heavy (non-hydrogen) atoms. The van der Waals surface area contributed by atoms with Gasteiger partial charge in [-0.05, 0) is 30.7 Å². The molecule has 3 N–H and O–H groups in total. The van der Waals surface area contributed by atoms with Crippen molar-refractivity contribution < 1.29 is 9.21 Å². The van der Waals surface area contributed by atoms with Crippen molar-refractivity contribution in [3.63, 3.8) is 0 Å². The van der Waals surface area contributed by atoms with Crippen LogP contribution in [0.5, 0.6) is 0 Å². The number of furan rings is 1. The number of hydrogen-bond donors (Lipinski definition) is 2. The Morgan fingerprint density at radius 1 is 1.20 bits per heavy atom. The molecule has 0 radical (unpaired) electrons. The number of nitrogens with one attached hydrogen (secondary N) is 1. The van der Waals surface area contributed by atoms with Crippen LogP contribution in [0.1, 0.15) is 13.3 Å². The van der Waals surface area contributed by atoms with E-state index < -0.39 is 6.04 Å². The average Bonchev–Trinajstić information content (AvgIpc) is 2.84. The van der Waals surface area contributed by atoms with Gasteiger partial charge in [-0.2, -0.15) is 0 Å². The summed E-state index contributed by atoms with van der Waals surface area (Å²) in [6.07, 6.45) is 0.614. The fraction of sp³-hybridized carbons (Fsp3) is 0.188. The van der Waals surface area contributed by atoms with E-state index in [1.807, 2.05) is 49.4 Å². The Kier molecular flexibility index (Phi) is 3.16. The Morgan fingerprint density at radius 2 is 1.95 bits per heavy atom. The lowest BCUT2D eigenvalue weighted by molar-refractivity contribution is -0.117. The molecule has 0 unspecified atom stereocenters. The SMILES string of the molecule is CC[C@@H](N)C(=O)Nc1ccc2oc3ccccc3c2c1. The van der Waals surface area contributed by atoms with Gasteiger partial charge in [-0.3, -0.25) is 4.79 Å². The summed E-state index contributed by atoms with van der Waals surface area (Å²) in [6.45, 7) is 1.89. The highest BCUT2D eigenvalue weighted by Gasteiger charge is 2.12. The van der Waals surface area contributed by atoms with Gasteiger partial charge in [-0.15, -0.1) is 0 Å². The summed E-state index contributed by atoms with van der Waals surface area (Å²) in [5, 5.41) is 4.86. The molecule has 0 aliphatic rings. The highest BCUT2D eigenvalue weighted by molar-refractivity contribution is 6.07. The van der Waals surface area contributed by atoms with Crippen LogP contribution in [0.2, 0.25) is 0 Å². The van der Waals surface area contributed by atoms with Crippen molar-refractivity contribution in [2.45, 2.75) is 19.4 Å². The van der Waals surface area contributed by atoms with E-state index in [-0.39, 0.29) is 5.91 Å². The first kappa shape index (κ1) is 12.7. The largest absolute Gasteiger partial charge is 0.456 e. The van der Waals surface area contributed by atoms with Crippen LogP contribution in [0, 0.1) is 0 Å². The number of rotatable bonds is 3. The lowest BCUT2D eigenvalue weighted by Gasteiger charge is -2.09. The molecule has 1 atom stereocenters. The number of amides is 1. The van der Waals surface area contributed by atoms with E-state index in [2.05, 4.69) is 5.32 Å². The van der Waals surface area contributed by atoms with Crippen molar-refractivity contribution in [3.8, 4) is 0 Å². The molecule has 0 aliphatic heterocycles. The van der Waals surface area contributed by atoms with Gasteiger partial charge in [-0.1, -0.05) is 25.1 Å². The van der Waals surface area contributed by atoms with E-state index in [9.17, 15) is 4.79 Å². The Hall–Kier alpha value is -2.33. The number of benzene rings is 2. The molecule has 0 spiro atoms. The van der Waals surface area contributed by atoms with Gasteiger partial charge in [0.15, 0.2) is 0 Å². The number of carbonyl (C=O) groups is 1. The van der Waals surface area contributed by atoms with Crippen LogP contribution in [0.15, 0.2) is 46.9 Å². The summed E-state index contributed by atoms with van der Waals surface area (Å²) < 4.78 is 5.74. The first-order chi connectivity index (χ1) is 9.69. The lowest BCUT2D eigenvalue weighted by atomic mass is 10.1. The van der Waals surface area contributed by atoms with Gasteiger partial charge in [0.25, 0.3) is 0 Å². The summed E-state index contributed by atoms with van der Waals surface area (Å²) in [6, 6.07) is 13.0. The highest BCUT2D eigenvalue weighted by atomic mass is 16.3. The van der Waals surface area contributed by atoms with Crippen LogP contribution in [-0.2, 0) is 4.79 Å². The third kappa shape index (κ3) is 2.14. The minimum Gasteiger partial charge on any atom is -0.456 e. The zero-order valence-corrected chi connectivity index (χ0v) is 11.2. The summed E-state index contributed by atoms with van der Waals surface area (Å²) in [4.78, 5) is 11.8. The number of hydrogen-bond acceptors (Lipinski definition) is 3. The van der Waals surface area contributed by atoms with E-state index in [4.69, 9.17) is 10.2 Å². The van der Waals surface area contributed by atoms with Crippen molar-refractivity contribution in [1.82, 2.24) is 0 Å². The second kappa shape index (κ2) is 4.98. The van der Waals surface area contributed by atoms with Crippen molar-refractivity contribution in [1.29, 1.82) is 0 Å². The molecule has 3 aromatic rings. The first-order valence-electron chi connectivity index (χ1n) is 6.67. The van der Waals surface area contributed by atoms with Crippen LogP contribution < -0.4 is 11.1 Å². The molecule has 3 rings (SSSR count). The van der Waals surface area contributed by atoms with Crippen LogP contribution in [0.4, 0.5) is 5.69 Å². The van der Waals surface area contributed by atoms with Crippen molar-refractivity contribution >= 4 is 33.5 Å². The van der Waals surface area contributed by atoms with Crippen molar-refractivity contribution in [2.24, 2.45) is 5.73 Å². The van der Waals surface area contributed by atoms with Gasteiger partial charge >= 0.3 is 0 Å². The minimum atomic E-state index is -0.480. The topological polar surface area (TPSA) is 68.3 Å². The summed E-state index contributed by atoms with van der Waals surface area (Å²) in [7, 11) is 0. The summed E-state index contributed by atoms with van der Waals surface area (Å²) in [5.41, 5.74) is 8.10. The molecule has 1 amide bonds. The fourth-order valence-corrected chi connectivity index (χ4v) is 2.22. The molecule has 4 heteroatoms. The Balaban J connectivity index is 2.01. The molecular weight excluding hydrogens is 252 g/mol. The third-order valence-electron chi connectivity index (χ3n) is 3.42. The lowest BCUT2D eigenvalue weighted by Crippen LogP contribution is -2.34. The molecule has 1 aromatic heterocycles. The maximum absolute atomic E-state index is 11.8. The Morgan fingerprint density at radius 3 is 2.75 bits per heavy atom. The molecule has 1 heterocycles. The Bertz CT molecular complexity index is 776. The van der Waals surface area contributed by atoms with Gasteiger partial charge in [0.05, 0.1) is 6.04 Å². The molecule has 0 fully saturated rings. The third-order valence-corrected chi connectivity index (χ3v) is 3.42. The summed E-state index contributed by atoms with van der Waals surface area (Å²) >= 11 is 0. The molecule has 0 saturated heterocycles. The maximum atomic E-state index is 11.8. The second-order valence-electron chi connectivity index (χ2n) is 4.81. The van der Waals surface area contributed by atoms with Crippen LogP contribution in [0.3, 0.4) is 0 Å². The molecule has 0 aliphatic carbocycles. The zero-order valence-electron chi connectivity index (χ0n) is 11.2. The molecular formula is C16H16N2O2. The van der Waals surface area contributed by atoms with E-state index >= 15 is 0 Å². The van der Waals surface area contributed by atoms with Gasteiger partial charge in [0.2, 0.25) is 5.91 Å². The van der Waals surface area contributed by atoms with Crippen LogP contribution in [-0.4, -0.2) is 11.9 Å². The number of anilines is 1. The van der Waals surface area contributed by atoms with Gasteiger partial charge < -0.3 is 15.5 Å². The molecule has 4 nitrogen and oxygen atoms in total. The molecule has 102 valence electrons. The zero-order chi connectivity index (χ0) is 14.1. The smallest absolute Gasteiger partial charge is 0.241 e. The Labute approximate surface area is 116 Å². The predicted octanol–water partition coefficient (Wildman–Crippen LogP) is 3.26. The maximum Gasteiger partial charge on any atom is 0.241 e. The second-order valence-corrected chi connectivity index (χ2v) is 4.81. The minimum absolute atomic E-state index is 0.167. The highest BCUT2D eigenvalue weighted by Crippen LogP contribution is 2.30. The first-order valence-corrected chi connectivity index (χ1v) is 6.67.